The zero-order valence-corrected chi connectivity index (χ0v) is 11.0. The largest absolute Gasteiger partial charge is 0.489 e. The van der Waals surface area contributed by atoms with E-state index in [1.165, 1.54) is 12.1 Å². The van der Waals surface area contributed by atoms with Gasteiger partial charge >= 0.3 is 5.76 Å². The minimum atomic E-state index is -4.53. The molecule has 0 amide bonds. The molecule has 1 aromatic rings. The van der Waals surface area contributed by atoms with Crippen LogP contribution in [0.25, 0.3) is 0 Å². The average Bonchev–Trinajstić information content (AvgIpc) is 2.40. The van der Waals surface area contributed by atoms with Gasteiger partial charge in [-0.1, -0.05) is 0 Å². The van der Waals surface area contributed by atoms with Crippen LogP contribution in [0.2, 0.25) is 0 Å². The van der Waals surface area contributed by atoms with Crippen molar-refractivity contribution in [3.8, 4) is 5.75 Å². The molecule has 1 aliphatic rings. The Labute approximate surface area is 110 Å². The van der Waals surface area contributed by atoms with Crippen LogP contribution in [-0.2, 0) is 9.84 Å². The molecule has 0 aromatic heterocycles. The zero-order chi connectivity index (χ0) is 13.9. The Morgan fingerprint density at radius 3 is 2.47 bits per heavy atom. The number of benzene rings is 1. The second-order valence-corrected chi connectivity index (χ2v) is 6.28. The van der Waals surface area contributed by atoms with Gasteiger partial charge in [0.05, 0.1) is 4.90 Å². The van der Waals surface area contributed by atoms with Gasteiger partial charge in [0, 0.05) is 6.54 Å². The number of hydrogen-bond acceptors (Lipinski definition) is 4. The van der Waals surface area contributed by atoms with E-state index in [1.54, 1.807) is 0 Å². The highest BCUT2D eigenvalue weighted by atomic mass is 32.2. The maximum Gasteiger partial charge on any atom is 0.341 e. The van der Waals surface area contributed by atoms with Gasteiger partial charge in [-0.2, -0.15) is 8.78 Å². The SMILES string of the molecule is O=S(=O)(c1ccc(OC2CCCNC2)cc1)C(F)F. The number of rotatable bonds is 4. The molecule has 106 valence electrons. The minimum Gasteiger partial charge on any atom is -0.489 e. The summed E-state index contributed by atoms with van der Waals surface area (Å²) in [6.07, 6.45) is 1.97. The number of nitrogens with one attached hydrogen (secondary N) is 1. The molecular formula is C12H15F2NO3S. The molecule has 1 unspecified atom stereocenters. The molecule has 1 fully saturated rings. The van der Waals surface area contributed by atoms with Crippen molar-refractivity contribution in [1.82, 2.24) is 5.32 Å². The fraction of sp³-hybridized carbons (Fsp3) is 0.500. The van der Waals surface area contributed by atoms with Gasteiger partial charge < -0.3 is 10.1 Å². The van der Waals surface area contributed by atoms with Crippen molar-refractivity contribution in [2.45, 2.75) is 29.6 Å². The van der Waals surface area contributed by atoms with Crippen LogP contribution in [0.15, 0.2) is 29.2 Å². The molecule has 19 heavy (non-hydrogen) atoms. The third-order valence-corrected chi connectivity index (χ3v) is 4.34. The van der Waals surface area contributed by atoms with Gasteiger partial charge in [-0.05, 0) is 43.7 Å². The molecule has 1 N–H and O–H groups in total. The molecule has 2 rings (SSSR count). The van der Waals surface area contributed by atoms with Crippen LogP contribution in [0.5, 0.6) is 5.75 Å². The molecule has 0 spiro atoms. The van der Waals surface area contributed by atoms with E-state index in [4.69, 9.17) is 4.74 Å². The van der Waals surface area contributed by atoms with Crippen LogP contribution in [0.4, 0.5) is 8.78 Å². The number of ether oxygens (including phenoxy) is 1. The van der Waals surface area contributed by atoms with Crippen LogP contribution in [0.3, 0.4) is 0 Å². The maximum absolute atomic E-state index is 12.3. The van der Waals surface area contributed by atoms with E-state index in [0.717, 1.165) is 38.1 Å². The lowest BCUT2D eigenvalue weighted by Crippen LogP contribution is -2.37. The topological polar surface area (TPSA) is 55.4 Å². The van der Waals surface area contributed by atoms with Crippen molar-refractivity contribution in [3.63, 3.8) is 0 Å². The first kappa shape index (κ1) is 14.2. The number of alkyl halides is 2. The molecular weight excluding hydrogens is 276 g/mol. The third kappa shape index (κ3) is 3.42. The van der Waals surface area contributed by atoms with Gasteiger partial charge in [0.15, 0.2) is 0 Å². The van der Waals surface area contributed by atoms with Crippen LogP contribution in [0.1, 0.15) is 12.8 Å². The van der Waals surface area contributed by atoms with Crippen molar-refractivity contribution in [2.24, 2.45) is 0 Å². The molecule has 0 aliphatic carbocycles. The summed E-state index contributed by atoms with van der Waals surface area (Å²) in [5.74, 6) is -2.91. The molecule has 1 atom stereocenters. The summed E-state index contributed by atoms with van der Waals surface area (Å²) >= 11 is 0. The van der Waals surface area contributed by atoms with Crippen LogP contribution in [0, 0.1) is 0 Å². The van der Waals surface area contributed by atoms with E-state index < -0.39 is 20.5 Å². The highest BCUT2D eigenvalue weighted by molar-refractivity contribution is 7.91. The van der Waals surface area contributed by atoms with Crippen molar-refractivity contribution < 1.29 is 21.9 Å². The third-order valence-electron chi connectivity index (χ3n) is 2.94. The summed E-state index contributed by atoms with van der Waals surface area (Å²) in [4.78, 5) is -0.392. The normalized spacial score (nSPS) is 20.5. The van der Waals surface area contributed by atoms with Crippen LogP contribution in [-0.4, -0.2) is 33.4 Å². The number of hydrogen-bond donors (Lipinski definition) is 1. The standard InChI is InChI=1S/C12H15F2NO3S/c13-12(14)19(16,17)11-5-3-9(4-6-11)18-10-2-1-7-15-8-10/h3-6,10,12,15H,1-2,7-8H2. The maximum atomic E-state index is 12.3. The van der Waals surface area contributed by atoms with Gasteiger partial charge in [-0.3, -0.25) is 0 Å². The average molecular weight is 291 g/mol. The second-order valence-electron chi connectivity index (χ2n) is 4.36. The van der Waals surface area contributed by atoms with E-state index >= 15 is 0 Å². The first-order valence-corrected chi connectivity index (χ1v) is 7.54. The predicted molar refractivity (Wildman–Crippen MR) is 66.2 cm³/mol. The first-order chi connectivity index (χ1) is 9.00. The Kier molecular flexibility index (Phi) is 4.36. The van der Waals surface area contributed by atoms with Gasteiger partial charge in [-0.25, -0.2) is 8.42 Å². The molecule has 0 bridgehead atoms. The summed E-state index contributed by atoms with van der Waals surface area (Å²) < 4.78 is 52.8. The number of sulfone groups is 1. The number of piperidine rings is 1. The van der Waals surface area contributed by atoms with E-state index in [9.17, 15) is 17.2 Å². The minimum absolute atomic E-state index is 0.0336. The van der Waals surface area contributed by atoms with Crippen molar-refractivity contribution in [2.75, 3.05) is 13.1 Å². The van der Waals surface area contributed by atoms with Crippen LogP contribution < -0.4 is 10.1 Å². The zero-order valence-electron chi connectivity index (χ0n) is 10.2. The first-order valence-electron chi connectivity index (χ1n) is 5.99. The fourth-order valence-corrected chi connectivity index (χ4v) is 2.64. The molecule has 1 aromatic carbocycles. The van der Waals surface area contributed by atoms with Gasteiger partial charge in [-0.15, -0.1) is 0 Å². The van der Waals surface area contributed by atoms with E-state index in [0.29, 0.717) is 5.75 Å². The molecule has 7 heteroatoms. The molecule has 1 saturated heterocycles. The lowest BCUT2D eigenvalue weighted by atomic mass is 10.1. The second kappa shape index (κ2) is 5.83. The number of halogens is 2. The molecule has 4 nitrogen and oxygen atoms in total. The molecule has 0 radical (unpaired) electrons. The summed E-state index contributed by atoms with van der Waals surface area (Å²) in [6, 6.07) is 5.11. The summed E-state index contributed by atoms with van der Waals surface area (Å²) in [7, 11) is -4.53. The Hall–Kier alpha value is -1.21. The Morgan fingerprint density at radius 2 is 1.95 bits per heavy atom. The smallest absolute Gasteiger partial charge is 0.341 e. The highest BCUT2D eigenvalue weighted by Crippen LogP contribution is 2.22. The predicted octanol–water partition coefficient (Wildman–Crippen LogP) is 1.81. The van der Waals surface area contributed by atoms with E-state index in [-0.39, 0.29) is 6.10 Å². The quantitative estimate of drug-likeness (QED) is 0.919. The Bertz CT molecular complexity index is 510. The van der Waals surface area contributed by atoms with Crippen molar-refractivity contribution >= 4 is 9.84 Å². The Morgan fingerprint density at radius 1 is 1.26 bits per heavy atom. The van der Waals surface area contributed by atoms with E-state index in [2.05, 4.69) is 5.32 Å². The summed E-state index contributed by atoms with van der Waals surface area (Å²) in [5, 5.41) is 3.19. The van der Waals surface area contributed by atoms with Gasteiger partial charge in [0.1, 0.15) is 11.9 Å². The van der Waals surface area contributed by atoms with Crippen LogP contribution >= 0.6 is 0 Å². The monoisotopic (exact) mass is 291 g/mol. The van der Waals surface area contributed by atoms with Gasteiger partial charge in [0.25, 0.3) is 0 Å². The van der Waals surface area contributed by atoms with E-state index in [1.807, 2.05) is 0 Å². The highest BCUT2D eigenvalue weighted by Gasteiger charge is 2.26. The lowest BCUT2D eigenvalue weighted by molar-refractivity contribution is 0.167. The molecule has 1 aliphatic heterocycles. The fourth-order valence-electron chi connectivity index (χ4n) is 1.92. The molecule has 1 heterocycles. The lowest BCUT2D eigenvalue weighted by Gasteiger charge is -2.23. The summed E-state index contributed by atoms with van der Waals surface area (Å²) in [5.41, 5.74) is 0. The molecule has 0 saturated carbocycles. The van der Waals surface area contributed by atoms with Crippen molar-refractivity contribution in [1.29, 1.82) is 0 Å². The van der Waals surface area contributed by atoms with Gasteiger partial charge in [0.2, 0.25) is 9.84 Å². The van der Waals surface area contributed by atoms with Crippen molar-refractivity contribution in [3.05, 3.63) is 24.3 Å². The Balaban J connectivity index is 2.06. The summed E-state index contributed by atoms with van der Waals surface area (Å²) in [6.45, 7) is 1.70.